The van der Waals surface area contributed by atoms with Crippen LogP contribution >= 0.6 is 12.2 Å². The summed E-state index contributed by atoms with van der Waals surface area (Å²) in [6.45, 7) is 5.05. The van der Waals surface area contributed by atoms with E-state index in [0.717, 1.165) is 31.7 Å². The van der Waals surface area contributed by atoms with E-state index in [-0.39, 0.29) is 0 Å². The quantitative estimate of drug-likeness (QED) is 0.488. The van der Waals surface area contributed by atoms with Crippen molar-refractivity contribution >= 4 is 17.3 Å². The summed E-state index contributed by atoms with van der Waals surface area (Å²) < 4.78 is 5.22. The number of hydrogen-bond donors (Lipinski definition) is 3. The Balaban J connectivity index is 1.99. The van der Waals surface area contributed by atoms with Crippen molar-refractivity contribution in [2.24, 2.45) is 0 Å². The summed E-state index contributed by atoms with van der Waals surface area (Å²) in [5.74, 6) is 0. The second-order valence-corrected chi connectivity index (χ2v) is 3.67. The van der Waals surface area contributed by atoms with Crippen molar-refractivity contribution in [3.05, 3.63) is 18.0 Å². The normalized spacial score (nSPS) is 10.1. The van der Waals surface area contributed by atoms with Crippen LogP contribution in [-0.2, 0) is 11.3 Å². The van der Waals surface area contributed by atoms with Crippen LogP contribution in [0.1, 0.15) is 18.9 Å². The Kier molecular flexibility index (Phi) is 6.52. The maximum absolute atomic E-state index is 5.22. The molecule has 3 N–H and O–H groups in total. The average Bonchev–Trinajstić information content (AvgIpc) is 2.79. The Morgan fingerprint density at radius 3 is 3.12 bits per heavy atom. The molecule has 0 unspecified atom stereocenters. The SMILES string of the molecule is CCOCCCNC(=S)NCc1cn[nH]c1. The zero-order valence-electron chi connectivity index (χ0n) is 9.45. The number of ether oxygens (including phenoxy) is 1. The van der Waals surface area contributed by atoms with E-state index in [4.69, 9.17) is 17.0 Å². The molecule has 16 heavy (non-hydrogen) atoms. The highest BCUT2D eigenvalue weighted by molar-refractivity contribution is 7.80. The van der Waals surface area contributed by atoms with E-state index in [1.54, 1.807) is 6.20 Å². The summed E-state index contributed by atoms with van der Waals surface area (Å²) in [6, 6.07) is 0. The molecule has 0 aliphatic heterocycles. The molecular formula is C10H18N4OS. The van der Waals surface area contributed by atoms with Crippen LogP contribution in [0.5, 0.6) is 0 Å². The number of aromatic amines is 1. The van der Waals surface area contributed by atoms with Crippen LogP contribution in [0.4, 0.5) is 0 Å². The molecule has 0 saturated heterocycles. The summed E-state index contributed by atoms with van der Waals surface area (Å²) in [6.07, 6.45) is 4.57. The molecule has 90 valence electrons. The van der Waals surface area contributed by atoms with Gasteiger partial charge < -0.3 is 15.4 Å². The number of aromatic nitrogens is 2. The molecular weight excluding hydrogens is 224 g/mol. The van der Waals surface area contributed by atoms with Gasteiger partial charge in [-0.05, 0) is 25.6 Å². The van der Waals surface area contributed by atoms with E-state index in [9.17, 15) is 0 Å². The minimum Gasteiger partial charge on any atom is -0.382 e. The first-order chi connectivity index (χ1) is 7.83. The molecule has 0 aliphatic carbocycles. The Morgan fingerprint density at radius 1 is 1.56 bits per heavy atom. The molecule has 1 rings (SSSR count). The molecule has 5 nitrogen and oxygen atoms in total. The highest BCUT2D eigenvalue weighted by Crippen LogP contribution is 1.91. The smallest absolute Gasteiger partial charge is 0.166 e. The highest BCUT2D eigenvalue weighted by atomic mass is 32.1. The minimum atomic E-state index is 0.665. The molecule has 0 aromatic carbocycles. The van der Waals surface area contributed by atoms with Crippen LogP contribution < -0.4 is 10.6 Å². The van der Waals surface area contributed by atoms with Crippen molar-refractivity contribution in [2.45, 2.75) is 19.9 Å². The van der Waals surface area contributed by atoms with Gasteiger partial charge in [0.05, 0.1) is 6.20 Å². The topological polar surface area (TPSA) is 62.0 Å². The predicted octanol–water partition coefficient (Wildman–Crippen LogP) is 0.800. The number of nitrogens with zero attached hydrogens (tertiary/aromatic N) is 1. The second-order valence-electron chi connectivity index (χ2n) is 3.27. The predicted molar refractivity (Wildman–Crippen MR) is 67.1 cm³/mol. The lowest BCUT2D eigenvalue weighted by atomic mass is 10.4. The first-order valence-corrected chi connectivity index (χ1v) is 5.81. The van der Waals surface area contributed by atoms with E-state index in [2.05, 4.69) is 20.8 Å². The summed E-state index contributed by atoms with van der Waals surface area (Å²) in [7, 11) is 0. The lowest BCUT2D eigenvalue weighted by Crippen LogP contribution is -2.35. The van der Waals surface area contributed by atoms with Crippen molar-refractivity contribution in [1.29, 1.82) is 0 Å². The summed E-state index contributed by atoms with van der Waals surface area (Å²) in [5.41, 5.74) is 1.08. The minimum absolute atomic E-state index is 0.665. The number of thiocarbonyl (C=S) groups is 1. The molecule has 0 aliphatic rings. The molecule has 6 heteroatoms. The Hall–Kier alpha value is -1.14. The molecule has 1 aromatic rings. The molecule has 0 bridgehead atoms. The number of rotatable bonds is 7. The first-order valence-electron chi connectivity index (χ1n) is 5.40. The van der Waals surface area contributed by atoms with Gasteiger partial charge in [0.15, 0.2) is 5.11 Å². The highest BCUT2D eigenvalue weighted by Gasteiger charge is 1.96. The van der Waals surface area contributed by atoms with Gasteiger partial charge in [0.1, 0.15) is 0 Å². The van der Waals surface area contributed by atoms with E-state index in [1.165, 1.54) is 0 Å². The van der Waals surface area contributed by atoms with Crippen LogP contribution in [-0.4, -0.2) is 35.1 Å². The van der Waals surface area contributed by atoms with Crippen LogP contribution in [0.15, 0.2) is 12.4 Å². The molecule has 0 saturated carbocycles. The third kappa shape index (κ3) is 5.67. The largest absolute Gasteiger partial charge is 0.382 e. The van der Waals surface area contributed by atoms with E-state index in [1.807, 2.05) is 13.1 Å². The molecule has 0 spiro atoms. The van der Waals surface area contributed by atoms with Gasteiger partial charge in [-0.3, -0.25) is 5.10 Å². The zero-order chi connectivity index (χ0) is 11.6. The fourth-order valence-corrected chi connectivity index (χ4v) is 1.31. The first kappa shape index (κ1) is 12.9. The average molecular weight is 242 g/mol. The Bertz CT molecular complexity index is 289. The number of hydrogen-bond acceptors (Lipinski definition) is 3. The third-order valence-electron chi connectivity index (χ3n) is 1.96. The molecule has 0 amide bonds. The van der Waals surface area contributed by atoms with Crippen molar-refractivity contribution in [3.8, 4) is 0 Å². The van der Waals surface area contributed by atoms with Crippen molar-refractivity contribution in [3.63, 3.8) is 0 Å². The number of nitrogens with one attached hydrogen (secondary N) is 3. The lowest BCUT2D eigenvalue weighted by Gasteiger charge is -2.09. The van der Waals surface area contributed by atoms with Crippen molar-refractivity contribution in [2.75, 3.05) is 19.8 Å². The van der Waals surface area contributed by atoms with Crippen LogP contribution in [0.2, 0.25) is 0 Å². The van der Waals surface area contributed by atoms with Crippen molar-refractivity contribution in [1.82, 2.24) is 20.8 Å². The van der Waals surface area contributed by atoms with E-state index >= 15 is 0 Å². The Morgan fingerprint density at radius 2 is 2.44 bits per heavy atom. The standard InChI is InChI=1S/C10H18N4OS/c1-2-15-5-3-4-11-10(16)12-6-9-7-13-14-8-9/h7-8H,2-6H2,1H3,(H,13,14)(H2,11,12,16). The monoisotopic (exact) mass is 242 g/mol. The summed E-state index contributed by atoms with van der Waals surface area (Å²) in [4.78, 5) is 0. The van der Waals surface area contributed by atoms with Gasteiger partial charge >= 0.3 is 0 Å². The van der Waals surface area contributed by atoms with Crippen LogP contribution in [0.25, 0.3) is 0 Å². The molecule has 1 aromatic heterocycles. The van der Waals surface area contributed by atoms with Gasteiger partial charge in [-0.2, -0.15) is 5.10 Å². The van der Waals surface area contributed by atoms with E-state index < -0.39 is 0 Å². The molecule has 0 atom stereocenters. The molecule has 1 heterocycles. The van der Waals surface area contributed by atoms with Crippen molar-refractivity contribution < 1.29 is 4.74 Å². The van der Waals surface area contributed by atoms with Gasteiger partial charge in [-0.25, -0.2) is 0 Å². The van der Waals surface area contributed by atoms with Gasteiger partial charge in [0.2, 0.25) is 0 Å². The molecule has 0 radical (unpaired) electrons. The van der Waals surface area contributed by atoms with Gasteiger partial charge in [0.25, 0.3) is 0 Å². The van der Waals surface area contributed by atoms with Gasteiger partial charge in [-0.15, -0.1) is 0 Å². The summed E-state index contributed by atoms with van der Waals surface area (Å²) in [5, 5.41) is 13.5. The maximum atomic E-state index is 5.22. The summed E-state index contributed by atoms with van der Waals surface area (Å²) >= 11 is 5.11. The van der Waals surface area contributed by atoms with Crippen LogP contribution in [0, 0.1) is 0 Å². The van der Waals surface area contributed by atoms with Gasteiger partial charge in [-0.1, -0.05) is 0 Å². The second kappa shape index (κ2) is 8.06. The number of H-pyrrole nitrogens is 1. The fraction of sp³-hybridized carbons (Fsp3) is 0.600. The third-order valence-corrected chi connectivity index (χ3v) is 2.25. The zero-order valence-corrected chi connectivity index (χ0v) is 10.3. The maximum Gasteiger partial charge on any atom is 0.166 e. The van der Waals surface area contributed by atoms with Crippen LogP contribution in [0.3, 0.4) is 0 Å². The Labute approximate surface area is 101 Å². The van der Waals surface area contributed by atoms with E-state index in [0.29, 0.717) is 11.7 Å². The molecule has 0 fully saturated rings. The fourth-order valence-electron chi connectivity index (χ4n) is 1.14. The van der Waals surface area contributed by atoms with Gasteiger partial charge in [0, 0.05) is 38.1 Å². The lowest BCUT2D eigenvalue weighted by molar-refractivity contribution is 0.145.